The summed E-state index contributed by atoms with van der Waals surface area (Å²) in [5, 5.41) is 9.14. The molecule has 0 unspecified atom stereocenters. The standard InChI is InChI=1S/C9H12O.C2H6.CH4/c1-3-8-4-5-9(10)7(2)6-8;1-2;/h4-6,10H,3H2,1-2H3;1-2H3;1H4. The van der Waals surface area contributed by atoms with Crippen molar-refractivity contribution < 1.29 is 5.11 Å². The summed E-state index contributed by atoms with van der Waals surface area (Å²) in [6, 6.07) is 5.70. The van der Waals surface area contributed by atoms with E-state index in [0.717, 1.165) is 12.0 Å². The van der Waals surface area contributed by atoms with E-state index in [4.69, 9.17) is 5.11 Å². The Kier molecular flexibility index (Phi) is 8.56. The van der Waals surface area contributed by atoms with Crippen molar-refractivity contribution in [1.82, 2.24) is 0 Å². The molecule has 1 heteroatoms. The fourth-order valence-corrected chi connectivity index (χ4v) is 0.937. The molecule has 0 radical (unpaired) electrons. The molecule has 0 fully saturated rings. The average Bonchev–Trinajstić information content (AvgIpc) is 2.13. The summed E-state index contributed by atoms with van der Waals surface area (Å²) in [6.45, 7) is 8.01. The molecule has 1 aromatic carbocycles. The van der Waals surface area contributed by atoms with Gasteiger partial charge in [-0.05, 0) is 30.5 Å². The molecule has 0 aromatic heterocycles. The van der Waals surface area contributed by atoms with E-state index in [-0.39, 0.29) is 7.43 Å². The van der Waals surface area contributed by atoms with Crippen LogP contribution in [0.15, 0.2) is 18.2 Å². The van der Waals surface area contributed by atoms with Gasteiger partial charge in [0.05, 0.1) is 0 Å². The first-order valence-electron chi connectivity index (χ1n) is 4.52. The SMILES string of the molecule is C.CC.CCc1ccc(O)c(C)c1. The van der Waals surface area contributed by atoms with E-state index in [0.29, 0.717) is 5.75 Å². The van der Waals surface area contributed by atoms with E-state index in [1.807, 2.05) is 32.9 Å². The largest absolute Gasteiger partial charge is 0.508 e. The molecule has 76 valence electrons. The Hall–Kier alpha value is -0.980. The van der Waals surface area contributed by atoms with Crippen LogP contribution in [-0.2, 0) is 6.42 Å². The number of phenols is 1. The van der Waals surface area contributed by atoms with Gasteiger partial charge in [0, 0.05) is 0 Å². The van der Waals surface area contributed by atoms with Crippen molar-refractivity contribution >= 4 is 0 Å². The van der Waals surface area contributed by atoms with Gasteiger partial charge in [0.2, 0.25) is 0 Å². The van der Waals surface area contributed by atoms with Gasteiger partial charge in [-0.2, -0.15) is 0 Å². The minimum absolute atomic E-state index is 0. The van der Waals surface area contributed by atoms with Crippen molar-refractivity contribution in [2.75, 3.05) is 0 Å². The predicted molar refractivity (Wildman–Crippen MR) is 60.3 cm³/mol. The van der Waals surface area contributed by atoms with Gasteiger partial charge in [-0.3, -0.25) is 0 Å². The molecule has 1 nitrogen and oxygen atoms in total. The molecule has 0 saturated heterocycles. The summed E-state index contributed by atoms with van der Waals surface area (Å²) >= 11 is 0. The summed E-state index contributed by atoms with van der Waals surface area (Å²) in [4.78, 5) is 0. The fraction of sp³-hybridized carbons (Fsp3) is 0.500. The van der Waals surface area contributed by atoms with Gasteiger partial charge < -0.3 is 5.11 Å². The first-order chi connectivity index (χ1) is 5.74. The quantitative estimate of drug-likeness (QED) is 0.697. The minimum atomic E-state index is 0. The lowest BCUT2D eigenvalue weighted by Gasteiger charge is -1.99. The molecular weight excluding hydrogens is 160 g/mol. The normalized spacial score (nSPS) is 8.00. The van der Waals surface area contributed by atoms with Crippen LogP contribution in [0.25, 0.3) is 0 Å². The summed E-state index contributed by atoms with van der Waals surface area (Å²) in [5.41, 5.74) is 2.23. The van der Waals surface area contributed by atoms with Gasteiger partial charge in [0.1, 0.15) is 5.75 Å². The third-order valence-electron chi connectivity index (χ3n) is 1.67. The Morgan fingerprint density at radius 1 is 1.23 bits per heavy atom. The van der Waals surface area contributed by atoms with Crippen molar-refractivity contribution in [3.05, 3.63) is 29.3 Å². The van der Waals surface area contributed by atoms with E-state index >= 15 is 0 Å². The summed E-state index contributed by atoms with van der Waals surface area (Å²) in [5.74, 6) is 0.386. The maximum absolute atomic E-state index is 9.14. The van der Waals surface area contributed by atoms with E-state index in [2.05, 4.69) is 6.92 Å². The number of benzene rings is 1. The number of hydrogen-bond donors (Lipinski definition) is 1. The molecule has 0 aliphatic carbocycles. The molecule has 0 aliphatic rings. The maximum Gasteiger partial charge on any atom is 0.118 e. The molecule has 0 aliphatic heterocycles. The Morgan fingerprint density at radius 2 is 1.77 bits per heavy atom. The molecular formula is C12H22O. The zero-order valence-electron chi connectivity index (χ0n) is 8.39. The highest BCUT2D eigenvalue weighted by atomic mass is 16.3. The van der Waals surface area contributed by atoms with Crippen LogP contribution in [0.2, 0.25) is 0 Å². The van der Waals surface area contributed by atoms with Crippen molar-refractivity contribution in [2.24, 2.45) is 0 Å². The smallest absolute Gasteiger partial charge is 0.118 e. The average molecular weight is 182 g/mol. The highest BCUT2D eigenvalue weighted by molar-refractivity contribution is 5.34. The highest BCUT2D eigenvalue weighted by Crippen LogP contribution is 2.16. The van der Waals surface area contributed by atoms with Crippen LogP contribution in [0, 0.1) is 6.92 Å². The van der Waals surface area contributed by atoms with Gasteiger partial charge >= 0.3 is 0 Å². The van der Waals surface area contributed by atoms with Crippen LogP contribution >= 0.6 is 0 Å². The molecule has 1 aromatic rings. The highest BCUT2D eigenvalue weighted by Gasteiger charge is 1.94. The lowest BCUT2D eigenvalue weighted by molar-refractivity contribution is 0.471. The molecule has 0 spiro atoms. The number of rotatable bonds is 1. The van der Waals surface area contributed by atoms with E-state index in [9.17, 15) is 0 Å². The minimum Gasteiger partial charge on any atom is -0.508 e. The molecule has 0 saturated carbocycles. The van der Waals surface area contributed by atoms with Crippen LogP contribution in [0.1, 0.15) is 39.3 Å². The van der Waals surface area contributed by atoms with Crippen molar-refractivity contribution in [2.45, 2.75) is 41.5 Å². The van der Waals surface area contributed by atoms with Gasteiger partial charge in [-0.15, -0.1) is 0 Å². The van der Waals surface area contributed by atoms with Crippen LogP contribution in [-0.4, -0.2) is 5.11 Å². The van der Waals surface area contributed by atoms with Gasteiger partial charge in [0.15, 0.2) is 0 Å². The third-order valence-corrected chi connectivity index (χ3v) is 1.67. The molecule has 0 bridgehead atoms. The van der Waals surface area contributed by atoms with E-state index in [1.54, 1.807) is 6.07 Å². The third kappa shape index (κ3) is 4.56. The Morgan fingerprint density at radius 3 is 2.15 bits per heavy atom. The van der Waals surface area contributed by atoms with Gasteiger partial charge in [-0.1, -0.05) is 40.3 Å². The lowest BCUT2D eigenvalue weighted by Crippen LogP contribution is -1.80. The molecule has 1 N–H and O–H groups in total. The van der Waals surface area contributed by atoms with Gasteiger partial charge in [0.25, 0.3) is 0 Å². The molecule has 0 amide bonds. The molecule has 0 atom stereocenters. The van der Waals surface area contributed by atoms with Crippen LogP contribution in [0.3, 0.4) is 0 Å². The summed E-state index contributed by atoms with van der Waals surface area (Å²) < 4.78 is 0. The number of aromatic hydroxyl groups is 1. The second-order valence-corrected chi connectivity index (χ2v) is 2.47. The van der Waals surface area contributed by atoms with E-state index < -0.39 is 0 Å². The maximum atomic E-state index is 9.14. The number of aryl methyl sites for hydroxylation is 2. The monoisotopic (exact) mass is 182 g/mol. The van der Waals surface area contributed by atoms with Crippen molar-refractivity contribution in [3.63, 3.8) is 0 Å². The fourth-order valence-electron chi connectivity index (χ4n) is 0.937. The molecule has 13 heavy (non-hydrogen) atoms. The predicted octanol–water partition coefficient (Wildman–Crippen LogP) is 3.93. The zero-order chi connectivity index (χ0) is 9.56. The first kappa shape index (κ1) is 14.5. The topological polar surface area (TPSA) is 20.2 Å². The lowest BCUT2D eigenvalue weighted by atomic mass is 10.1. The Bertz CT molecular complexity index is 229. The van der Waals surface area contributed by atoms with Crippen molar-refractivity contribution in [3.8, 4) is 5.75 Å². The first-order valence-corrected chi connectivity index (χ1v) is 4.52. The summed E-state index contributed by atoms with van der Waals surface area (Å²) in [6.07, 6.45) is 1.03. The van der Waals surface area contributed by atoms with E-state index in [1.165, 1.54) is 5.56 Å². The molecule has 1 rings (SSSR count). The van der Waals surface area contributed by atoms with Crippen LogP contribution < -0.4 is 0 Å². The van der Waals surface area contributed by atoms with Gasteiger partial charge in [-0.25, -0.2) is 0 Å². The number of phenolic OH excluding ortho intramolecular Hbond substituents is 1. The molecule has 0 heterocycles. The number of hydrogen-bond acceptors (Lipinski definition) is 1. The van der Waals surface area contributed by atoms with Crippen LogP contribution in [0.4, 0.5) is 0 Å². The second-order valence-electron chi connectivity index (χ2n) is 2.47. The van der Waals surface area contributed by atoms with Crippen molar-refractivity contribution in [1.29, 1.82) is 0 Å². The van der Waals surface area contributed by atoms with Crippen LogP contribution in [0.5, 0.6) is 5.75 Å². The Labute approximate surface area is 82.4 Å². The Balaban J connectivity index is 0. The zero-order valence-corrected chi connectivity index (χ0v) is 8.39. The second kappa shape index (κ2) is 7.66. The summed E-state index contributed by atoms with van der Waals surface area (Å²) in [7, 11) is 0.